The number of nitriles is 1. The van der Waals surface area contributed by atoms with E-state index >= 15 is 0 Å². The molecule has 5 atom stereocenters. The van der Waals surface area contributed by atoms with Gasteiger partial charge in [-0.15, -0.1) is 0 Å². The average molecular weight is 384 g/mol. The molecule has 3 unspecified atom stereocenters. The maximum Gasteiger partial charge on any atom is 0.227 e. The summed E-state index contributed by atoms with van der Waals surface area (Å²) in [5.41, 5.74) is 4.70. The molecule has 0 bridgehead atoms. The van der Waals surface area contributed by atoms with E-state index in [4.69, 9.17) is 0 Å². The Morgan fingerprint density at radius 3 is 2.62 bits per heavy atom. The molecule has 0 saturated heterocycles. The Labute approximate surface area is 170 Å². The van der Waals surface area contributed by atoms with Gasteiger partial charge in [0.05, 0.1) is 29.0 Å². The van der Waals surface area contributed by atoms with Crippen molar-refractivity contribution in [3.63, 3.8) is 0 Å². The maximum absolute atomic E-state index is 12.7. The molecule has 2 aliphatic rings. The second kappa shape index (κ2) is 6.73. The van der Waals surface area contributed by atoms with Crippen LogP contribution in [0.15, 0.2) is 48.8 Å². The number of anilines is 1. The zero-order valence-electron chi connectivity index (χ0n) is 16.7. The minimum Gasteiger partial charge on any atom is -0.327 e. The standard InChI is InChI=1S/C24H24N4O/c1-14-3-6-17(7-4-14)27-24(29)15(2)23-19-10-18(11-20(19)23)28-13-26-21-8-5-16(12-25)9-22(21)28/h3-9,13,15,18-20,23H,10-11H2,1-2H3,(H,27,29)/t15?,18?,19-,20+,23?. The summed E-state index contributed by atoms with van der Waals surface area (Å²) in [6.07, 6.45) is 4.07. The van der Waals surface area contributed by atoms with Crippen LogP contribution in [0.25, 0.3) is 11.0 Å². The lowest BCUT2D eigenvalue weighted by molar-refractivity contribution is -0.120. The second-order valence-corrected chi connectivity index (χ2v) is 8.64. The predicted molar refractivity (Wildman–Crippen MR) is 112 cm³/mol. The Balaban J connectivity index is 1.25. The lowest BCUT2D eigenvalue weighted by Gasteiger charge is -2.20. The van der Waals surface area contributed by atoms with Gasteiger partial charge >= 0.3 is 0 Å². The number of amides is 1. The number of nitrogens with one attached hydrogen (secondary N) is 1. The lowest BCUT2D eigenvalue weighted by Crippen LogP contribution is -2.24. The van der Waals surface area contributed by atoms with E-state index in [2.05, 4.69) is 27.9 Å². The van der Waals surface area contributed by atoms with E-state index in [1.165, 1.54) is 5.56 Å². The molecule has 1 N–H and O–H groups in total. The minimum absolute atomic E-state index is 0.0250. The molecule has 2 saturated carbocycles. The van der Waals surface area contributed by atoms with E-state index in [-0.39, 0.29) is 11.8 Å². The molecule has 146 valence electrons. The van der Waals surface area contributed by atoms with E-state index in [9.17, 15) is 10.1 Å². The first-order chi connectivity index (χ1) is 14.0. The largest absolute Gasteiger partial charge is 0.327 e. The van der Waals surface area contributed by atoms with E-state index in [1.807, 2.05) is 55.7 Å². The first-order valence-electron chi connectivity index (χ1n) is 10.3. The number of carbonyl (C=O) groups excluding carboxylic acids is 1. The third-order valence-corrected chi connectivity index (χ3v) is 6.89. The van der Waals surface area contributed by atoms with E-state index < -0.39 is 0 Å². The number of benzene rings is 2. The highest BCUT2D eigenvalue weighted by atomic mass is 16.1. The van der Waals surface area contributed by atoms with Gasteiger partial charge in [0, 0.05) is 17.6 Å². The molecule has 0 aliphatic heterocycles. The number of aromatic nitrogens is 2. The Kier molecular flexibility index (Phi) is 4.16. The van der Waals surface area contributed by atoms with Gasteiger partial charge in [-0.05, 0) is 67.9 Å². The lowest BCUT2D eigenvalue weighted by atomic mass is 9.96. The van der Waals surface area contributed by atoms with Gasteiger partial charge in [0.2, 0.25) is 5.91 Å². The number of rotatable bonds is 4. The van der Waals surface area contributed by atoms with Crippen molar-refractivity contribution in [1.82, 2.24) is 9.55 Å². The van der Waals surface area contributed by atoms with Gasteiger partial charge in [-0.1, -0.05) is 24.6 Å². The number of carbonyl (C=O) groups is 1. The second-order valence-electron chi connectivity index (χ2n) is 8.64. The number of aryl methyl sites for hydroxylation is 1. The molecule has 1 aromatic heterocycles. The Bertz CT molecular complexity index is 1110. The fraction of sp³-hybridized carbons (Fsp3) is 0.375. The predicted octanol–water partition coefficient (Wildman–Crippen LogP) is 4.69. The van der Waals surface area contributed by atoms with Crippen molar-refractivity contribution in [3.05, 3.63) is 59.9 Å². The number of fused-ring (bicyclic) bond motifs is 2. The summed E-state index contributed by atoms with van der Waals surface area (Å²) in [7, 11) is 0. The first kappa shape index (κ1) is 17.9. The van der Waals surface area contributed by atoms with Crippen LogP contribution in [-0.2, 0) is 4.79 Å². The van der Waals surface area contributed by atoms with Crippen LogP contribution in [0.1, 0.15) is 36.9 Å². The van der Waals surface area contributed by atoms with E-state index in [1.54, 1.807) is 0 Å². The van der Waals surface area contributed by atoms with E-state index in [0.717, 1.165) is 29.6 Å². The summed E-state index contributed by atoms with van der Waals surface area (Å²) in [5, 5.41) is 12.3. The van der Waals surface area contributed by atoms with Gasteiger partial charge in [-0.3, -0.25) is 4.79 Å². The molecule has 5 rings (SSSR count). The highest BCUT2D eigenvalue weighted by Crippen LogP contribution is 2.64. The molecule has 0 spiro atoms. The maximum atomic E-state index is 12.7. The summed E-state index contributed by atoms with van der Waals surface area (Å²) in [4.78, 5) is 17.2. The molecule has 2 fully saturated rings. The van der Waals surface area contributed by atoms with Gasteiger partial charge in [-0.25, -0.2) is 4.98 Å². The van der Waals surface area contributed by atoms with Crippen LogP contribution in [0.5, 0.6) is 0 Å². The molecule has 29 heavy (non-hydrogen) atoms. The molecule has 1 amide bonds. The van der Waals surface area contributed by atoms with Crippen molar-refractivity contribution in [2.75, 3.05) is 5.32 Å². The number of hydrogen-bond acceptors (Lipinski definition) is 3. The van der Waals surface area contributed by atoms with Gasteiger partial charge in [0.15, 0.2) is 0 Å². The number of imidazole rings is 1. The molecule has 2 aromatic carbocycles. The van der Waals surface area contributed by atoms with Crippen molar-refractivity contribution < 1.29 is 4.79 Å². The highest BCUT2D eigenvalue weighted by molar-refractivity contribution is 5.92. The molecule has 0 radical (unpaired) electrons. The van der Waals surface area contributed by atoms with Crippen LogP contribution in [0.3, 0.4) is 0 Å². The molecule has 2 aliphatic carbocycles. The molecular formula is C24H24N4O. The Hall–Kier alpha value is -3.13. The van der Waals surface area contributed by atoms with Crippen LogP contribution in [0.2, 0.25) is 0 Å². The Morgan fingerprint density at radius 1 is 1.21 bits per heavy atom. The summed E-state index contributed by atoms with van der Waals surface area (Å²) >= 11 is 0. The fourth-order valence-corrected chi connectivity index (χ4v) is 5.29. The third-order valence-electron chi connectivity index (χ3n) is 6.89. The minimum atomic E-state index is 0.0250. The highest BCUT2D eigenvalue weighted by Gasteiger charge is 2.59. The zero-order valence-corrected chi connectivity index (χ0v) is 16.7. The van der Waals surface area contributed by atoms with Gasteiger partial charge in [-0.2, -0.15) is 5.26 Å². The monoisotopic (exact) mass is 384 g/mol. The summed E-state index contributed by atoms with van der Waals surface area (Å²) in [6, 6.07) is 16.2. The molecule has 5 nitrogen and oxygen atoms in total. The molecule has 1 heterocycles. The zero-order chi connectivity index (χ0) is 20.1. The average Bonchev–Trinajstić information content (AvgIpc) is 3.07. The van der Waals surface area contributed by atoms with Crippen LogP contribution in [0.4, 0.5) is 5.69 Å². The van der Waals surface area contributed by atoms with Crippen molar-refractivity contribution in [2.45, 2.75) is 32.7 Å². The van der Waals surface area contributed by atoms with Gasteiger partial charge in [0.25, 0.3) is 0 Å². The third kappa shape index (κ3) is 3.09. The van der Waals surface area contributed by atoms with Crippen molar-refractivity contribution in [1.29, 1.82) is 5.26 Å². The fourth-order valence-electron chi connectivity index (χ4n) is 5.29. The molecular weight excluding hydrogens is 360 g/mol. The quantitative estimate of drug-likeness (QED) is 0.709. The topological polar surface area (TPSA) is 70.7 Å². The summed E-state index contributed by atoms with van der Waals surface area (Å²) in [6.45, 7) is 4.11. The summed E-state index contributed by atoms with van der Waals surface area (Å²) < 4.78 is 2.23. The van der Waals surface area contributed by atoms with Crippen LogP contribution < -0.4 is 5.32 Å². The van der Waals surface area contributed by atoms with Crippen molar-refractivity contribution in [3.8, 4) is 6.07 Å². The van der Waals surface area contributed by atoms with E-state index in [0.29, 0.717) is 29.4 Å². The SMILES string of the molecule is Cc1ccc(NC(=O)C(C)C2[C@H]3CC(n4cnc5ccc(C#N)cc54)C[C@@H]23)cc1. The van der Waals surface area contributed by atoms with Crippen LogP contribution >= 0.6 is 0 Å². The smallest absolute Gasteiger partial charge is 0.227 e. The molecule has 5 heteroatoms. The number of nitrogens with zero attached hydrogens (tertiary/aromatic N) is 3. The van der Waals surface area contributed by atoms with Crippen molar-refractivity contribution in [2.24, 2.45) is 23.7 Å². The van der Waals surface area contributed by atoms with Crippen LogP contribution in [-0.4, -0.2) is 15.5 Å². The first-order valence-corrected chi connectivity index (χ1v) is 10.3. The Morgan fingerprint density at radius 2 is 1.93 bits per heavy atom. The number of hydrogen-bond donors (Lipinski definition) is 1. The normalized spacial score (nSPS) is 26.0. The van der Waals surface area contributed by atoms with Crippen LogP contribution in [0, 0.1) is 41.9 Å². The molecule has 3 aromatic rings. The van der Waals surface area contributed by atoms with Gasteiger partial charge < -0.3 is 9.88 Å². The van der Waals surface area contributed by atoms with Crippen molar-refractivity contribution >= 4 is 22.6 Å². The summed E-state index contributed by atoms with van der Waals surface area (Å²) in [5.74, 6) is 1.83. The van der Waals surface area contributed by atoms with Gasteiger partial charge in [0.1, 0.15) is 0 Å².